The number of hydrogen-bond donors (Lipinski definition) is 0. The van der Waals surface area contributed by atoms with Gasteiger partial charge in [0.15, 0.2) is 16.3 Å². The lowest BCUT2D eigenvalue weighted by Crippen LogP contribution is -2.39. The van der Waals surface area contributed by atoms with Crippen LogP contribution in [0.2, 0.25) is 0 Å². The van der Waals surface area contributed by atoms with E-state index in [1.807, 2.05) is 38.1 Å². The predicted molar refractivity (Wildman–Crippen MR) is 147 cm³/mol. The Hall–Kier alpha value is -4.18. The topological polar surface area (TPSA) is 105 Å². The molecule has 9 nitrogen and oxygen atoms in total. The molecule has 3 aromatic rings. The van der Waals surface area contributed by atoms with Crippen LogP contribution in [0.5, 0.6) is 17.2 Å². The Morgan fingerprint density at radius 2 is 1.85 bits per heavy atom. The van der Waals surface area contributed by atoms with Crippen LogP contribution in [0.4, 0.5) is 0 Å². The van der Waals surface area contributed by atoms with Crippen LogP contribution in [0.1, 0.15) is 51.8 Å². The van der Waals surface area contributed by atoms with Gasteiger partial charge in [-0.2, -0.15) is 0 Å². The highest BCUT2D eigenvalue weighted by Gasteiger charge is 2.33. The molecule has 0 N–H and O–H groups in total. The number of rotatable bonds is 8. The van der Waals surface area contributed by atoms with Crippen LogP contribution < -0.4 is 29.1 Å². The summed E-state index contributed by atoms with van der Waals surface area (Å²) >= 11 is 1.22. The van der Waals surface area contributed by atoms with Crippen LogP contribution in [0, 0.1) is 0 Å². The Morgan fingerprint density at radius 3 is 2.46 bits per heavy atom. The molecule has 4 rings (SSSR count). The van der Waals surface area contributed by atoms with Crippen molar-refractivity contribution in [1.29, 1.82) is 0 Å². The number of benzene rings is 2. The summed E-state index contributed by atoms with van der Waals surface area (Å²) in [4.78, 5) is 43.3. The number of aromatic nitrogens is 1. The molecule has 2 aromatic carbocycles. The van der Waals surface area contributed by atoms with Crippen LogP contribution in [0.15, 0.2) is 63.5 Å². The van der Waals surface area contributed by atoms with E-state index in [0.29, 0.717) is 37.7 Å². The zero-order valence-corrected chi connectivity index (χ0v) is 23.5. The van der Waals surface area contributed by atoms with Gasteiger partial charge in [-0.1, -0.05) is 29.5 Å². The first-order chi connectivity index (χ1) is 18.6. The summed E-state index contributed by atoms with van der Waals surface area (Å²) in [5.74, 6) is 0.333. The first kappa shape index (κ1) is 27.8. The molecule has 204 valence electrons. The molecule has 39 heavy (non-hydrogen) atoms. The second-order valence-corrected chi connectivity index (χ2v) is 10.1. The van der Waals surface area contributed by atoms with Gasteiger partial charge in [0.05, 0.1) is 41.7 Å². The van der Waals surface area contributed by atoms with Crippen molar-refractivity contribution in [3.05, 3.63) is 84.5 Å². The van der Waals surface area contributed by atoms with Crippen LogP contribution >= 0.6 is 11.3 Å². The smallest absolute Gasteiger partial charge is 0.338 e. The van der Waals surface area contributed by atoms with Gasteiger partial charge < -0.3 is 18.9 Å². The third-order valence-electron chi connectivity index (χ3n) is 5.82. The molecule has 0 spiro atoms. The largest absolute Gasteiger partial charge is 0.493 e. The fraction of sp³-hybridized carbons (Fsp3) is 0.310. The number of fused-ring (bicyclic) bond motifs is 1. The van der Waals surface area contributed by atoms with Crippen LogP contribution in [-0.2, 0) is 14.3 Å². The molecule has 0 fully saturated rings. The van der Waals surface area contributed by atoms with Crippen LogP contribution in [0.25, 0.3) is 6.08 Å². The number of allylic oxidation sites excluding steroid dienone is 1. The average molecular weight is 551 g/mol. The lowest BCUT2D eigenvalue weighted by atomic mass is 9.96. The summed E-state index contributed by atoms with van der Waals surface area (Å²) in [6.45, 7) is 8.86. The highest BCUT2D eigenvalue weighted by molar-refractivity contribution is 7.07. The van der Waals surface area contributed by atoms with Crippen molar-refractivity contribution in [2.75, 3.05) is 13.7 Å². The molecule has 0 saturated carbocycles. The zero-order valence-electron chi connectivity index (χ0n) is 22.6. The Labute approximate surface area is 229 Å². The van der Waals surface area contributed by atoms with E-state index >= 15 is 0 Å². The lowest BCUT2D eigenvalue weighted by Gasteiger charge is -2.25. The van der Waals surface area contributed by atoms with Crippen molar-refractivity contribution in [3.8, 4) is 17.2 Å². The Balaban J connectivity index is 1.86. The van der Waals surface area contributed by atoms with Gasteiger partial charge in [-0.15, -0.1) is 0 Å². The number of ether oxygens (including phenoxy) is 4. The number of nitrogens with zero attached hydrogens (tertiary/aromatic N) is 2. The first-order valence-corrected chi connectivity index (χ1v) is 13.3. The normalized spacial score (nSPS) is 15.1. The molecule has 0 bridgehead atoms. The minimum absolute atomic E-state index is 0.00692. The summed E-state index contributed by atoms with van der Waals surface area (Å²) in [5, 5.41) is 0. The maximum absolute atomic E-state index is 13.8. The second kappa shape index (κ2) is 11.7. The van der Waals surface area contributed by atoms with E-state index in [1.54, 1.807) is 38.1 Å². The molecule has 1 aliphatic heterocycles. The molecule has 0 saturated heterocycles. The molecule has 10 heteroatoms. The SMILES string of the molecule is CCOC(=O)C1=C(C)N=c2s/c(=C\c3ccc(OC(C)=O)c(OC)c3)c(=O)n2[C@@H]1c1ccc(OC(C)C)cc1. The quantitative estimate of drug-likeness (QED) is 0.312. The van der Waals surface area contributed by atoms with E-state index in [9.17, 15) is 14.4 Å². The summed E-state index contributed by atoms with van der Waals surface area (Å²) in [6.07, 6.45) is 1.72. The monoisotopic (exact) mass is 550 g/mol. The van der Waals surface area contributed by atoms with Gasteiger partial charge in [0.2, 0.25) is 0 Å². The number of methoxy groups -OCH3 is 1. The van der Waals surface area contributed by atoms with E-state index in [1.165, 1.54) is 29.9 Å². The van der Waals surface area contributed by atoms with Crippen molar-refractivity contribution < 1.29 is 28.5 Å². The van der Waals surface area contributed by atoms with Crippen LogP contribution in [-0.4, -0.2) is 36.3 Å². The van der Waals surface area contributed by atoms with Gasteiger partial charge >= 0.3 is 11.9 Å². The fourth-order valence-electron chi connectivity index (χ4n) is 4.27. The van der Waals surface area contributed by atoms with Gasteiger partial charge in [0, 0.05) is 6.92 Å². The molecule has 0 aliphatic carbocycles. The number of carbonyl (C=O) groups excluding carboxylic acids is 2. The van der Waals surface area contributed by atoms with E-state index < -0.39 is 18.0 Å². The Kier molecular flexibility index (Phi) is 8.35. The summed E-state index contributed by atoms with van der Waals surface area (Å²) in [5.41, 5.74) is 1.88. The number of carbonyl (C=O) groups is 2. The molecule has 0 radical (unpaired) electrons. The fourth-order valence-corrected chi connectivity index (χ4v) is 5.32. The van der Waals surface area contributed by atoms with Crippen molar-refractivity contribution >= 4 is 29.4 Å². The maximum Gasteiger partial charge on any atom is 0.338 e. The lowest BCUT2D eigenvalue weighted by molar-refractivity contribution is -0.139. The Bertz CT molecular complexity index is 1610. The summed E-state index contributed by atoms with van der Waals surface area (Å²) < 4.78 is 23.6. The average Bonchev–Trinajstić information content (AvgIpc) is 3.18. The highest BCUT2D eigenvalue weighted by Crippen LogP contribution is 2.32. The molecule has 0 amide bonds. The number of thiazole rings is 1. The predicted octanol–water partition coefficient (Wildman–Crippen LogP) is 3.52. The standard InChI is InChI=1S/C29H30N2O7S/c1-7-36-28(34)25-17(4)30-29-31(26(25)20-9-11-21(12-10-20)37-16(2)3)27(33)24(39-29)15-19-8-13-22(38-18(5)32)23(14-19)35-6/h8-16,26H,7H2,1-6H3/b24-15-/t26-/m1/s1. The minimum Gasteiger partial charge on any atom is -0.493 e. The molecule has 0 unspecified atom stereocenters. The molecule has 1 aromatic heterocycles. The third kappa shape index (κ3) is 5.96. The molecule has 1 aliphatic rings. The first-order valence-electron chi connectivity index (χ1n) is 12.5. The zero-order chi connectivity index (χ0) is 28.3. The number of esters is 2. The van der Waals surface area contributed by atoms with Crippen molar-refractivity contribution in [2.45, 2.75) is 46.8 Å². The second-order valence-electron chi connectivity index (χ2n) is 9.04. The van der Waals surface area contributed by atoms with E-state index in [0.717, 1.165) is 5.56 Å². The van der Waals surface area contributed by atoms with E-state index in [-0.39, 0.29) is 24.0 Å². The highest BCUT2D eigenvalue weighted by atomic mass is 32.1. The summed E-state index contributed by atoms with van der Waals surface area (Å²) in [7, 11) is 1.47. The van der Waals surface area contributed by atoms with Crippen molar-refractivity contribution in [2.24, 2.45) is 4.99 Å². The van der Waals surface area contributed by atoms with Gasteiger partial charge in [0.25, 0.3) is 5.56 Å². The van der Waals surface area contributed by atoms with Gasteiger partial charge in [0.1, 0.15) is 5.75 Å². The van der Waals surface area contributed by atoms with Gasteiger partial charge in [-0.25, -0.2) is 9.79 Å². The molecule has 1 atom stereocenters. The van der Waals surface area contributed by atoms with Gasteiger partial charge in [-0.05, 0) is 69.2 Å². The molecule has 2 heterocycles. The minimum atomic E-state index is -0.726. The summed E-state index contributed by atoms with van der Waals surface area (Å²) in [6, 6.07) is 11.6. The van der Waals surface area contributed by atoms with E-state index in [2.05, 4.69) is 4.99 Å². The van der Waals surface area contributed by atoms with Crippen LogP contribution in [0.3, 0.4) is 0 Å². The molecular formula is C29H30N2O7S. The van der Waals surface area contributed by atoms with E-state index in [4.69, 9.17) is 18.9 Å². The van der Waals surface area contributed by atoms with Crippen molar-refractivity contribution in [1.82, 2.24) is 4.57 Å². The Morgan fingerprint density at radius 1 is 1.13 bits per heavy atom. The van der Waals surface area contributed by atoms with Gasteiger partial charge in [-0.3, -0.25) is 14.2 Å². The molecular weight excluding hydrogens is 520 g/mol. The van der Waals surface area contributed by atoms with Crippen molar-refractivity contribution in [3.63, 3.8) is 0 Å². The maximum atomic E-state index is 13.8. The number of hydrogen-bond acceptors (Lipinski definition) is 9. The third-order valence-corrected chi connectivity index (χ3v) is 6.81.